The Bertz CT molecular complexity index is 366. The molecule has 2 aliphatic rings. The predicted octanol–water partition coefficient (Wildman–Crippen LogP) is 1.06. The summed E-state index contributed by atoms with van der Waals surface area (Å²) >= 11 is 0. The normalized spacial score (nSPS) is 27.6. The van der Waals surface area contributed by atoms with E-state index in [0.29, 0.717) is 25.0 Å². The summed E-state index contributed by atoms with van der Waals surface area (Å²) in [6.45, 7) is 4.58. The number of hydrogen-bond donors (Lipinski definition) is 2. The molecule has 2 fully saturated rings. The van der Waals surface area contributed by atoms with Gasteiger partial charge in [-0.15, -0.1) is 0 Å². The summed E-state index contributed by atoms with van der Waals surface area (Å²) in [4.78, 5) is 24.0. The fraction of sp³-hybridized carbons (Fsp3) is 0.846. The van der Waals surface area contributed by atoms with Gasteiger partial charge < -0.3 is 20.1 Å². The van der Waals surface area contributed by atoms with Crippen molar-refractivity contribution < 1.29 is 19.4 Å². The summed E-state index contributed by atoms with van der Waals surface area (Å²) in [7, 11) is 0. The lowest BCUT2D eigenvalue weighted by atomic mass is 9.97. The van der Waals surface area contributed by atoms with Crippen molar-refractivity contribution in [3.63, 3.8) is 0 Å². The molecule has 1 saturated carbocycles. The van der Waals surface area contributed by atoms with Crippen LogP contribution in [0.15, 0.2) is 0 Å². The van der Waals surface area contributed by atoms with E-state index in [1.54, 1.807) is 4.90 Å². The van der Waals surface area contributed by atoms with Crippen molar-refractivity contribution in [2.75, 3.05) is 19.7 Å². The number of ether oxygens (including phenoxy) is 1. The van der Waals surface area contributed by atoms with Gasteiger partial charge in [0.05, 0.1) is 13.1 Å². The number of carboxylic acids is 1. The first kappa shape index (κ1) is 14.1. The van der Waals surface area contributed by atoms with Crippen molar-refractivity contribution in [3.8, 4) is 0 Å². The molecule has 0 radical (unpaired) electrons. The lowest BCUT2D eigenvalue weighted by molar-refractivity contribution is -0.159. The monoisotopic (exact) mass is 270 g/mol. The molecule has 2 amide bonds. The Morgan fingerprint density at radius 3 is 2.74 bits per heavy atom. The fourth-order valence-electron chi connectivity index (χ4n) is 2.60. The zero-order valence-electron chi connectivity index (χ0n) is 11.5. The highest BCUT2D eigenvalue weighted by atomic mass is 16.5. The number of rotatable bonds is 6. The zero-order chi connectivity index (χ0) is 14.0. The van der Waals surface area contributed by atoms with Crippen LogP contribution in [0.25, 0.3) is 0 Å². The SMILES string of the molecule is CCCC1CC1NC(=O)N1CC(C)(OCC(=O)O)C1. The van der Waals surface area contributed by atoms with E-state index in [1.807, 2.05) is 6.92 Å². The minimum Gasteiger partial charge on any atom is -0.480 e. The van der Waals surface area contributed by atoms with Crippen molar-refractivity contribution in [2.24, 2.45) is 5.92 Å². The van der Waals surface area contributed by atoms with Gasteiger partial charge in [-0.1, -0.05) is 13.3 Å². The Labute approximate surface area is 113 Å². The van der Waals surface area contributed by atoms with Crippen LogP contribution in [0.5, 0.6) is 0 Å². The number of nitrogens with zero attached hydrogens (tertiary/aromatic N) is 1. The lowest BCUT2D eigenvalue weighted by Gasteiger charge is -2.47. The van der Waals surface area contributed by atoms with Crippen LogP contribution in [0.1, 0.15) is 33.1 Å². The third kappa shape index (κ3) is 3.59. The van der Waals surface area contributed by atoms with Crippen LogP contribution in [0.2, 0.25) is 0 Å². The number of carboxylic acid groups (broad SMARTS) is 1. The maximum atomic E-state index is 11.9. The van der Waals surface area contributed by atoms with E-state index in [9.17, 15) is 9.59 Å². The number of carbonyl (C=O) groups is 2. The largest absolute Gasteiger partial charge is 0.480 e. The number of urea groups is 1. The minimum absolute atomic E-state index is 0.0556. The topological polar surface area (TPSA) is 78.9 Å². The van der Waals surface area contributed by atoms with Crippen LogP contribution in [-0.2, 0) is 9.53 Å². The van der Waals surface area contributed by atoms with E-state index in [2.05, 4.69) is 12.2 Å². The molecule has 6 nitrogen and oxygen atoms in total. The molecule has 2 unspecified atom stereocenters. The van der Waals surface area contributed by atoms with Crippen molar-refractivity contribution in [2.45, 2.75) is 44.8 Å². The van der Waals surface area contributed by atoms with Crippen molar-refractivity contribution in [1.82, 2.24) is 10.2 Å². The highest BCUT2D eigenvalue weighted by Crippen LogP contribution is 2.35. The van der Waals surface area contributed by atoms with Gasteiger partial charge in [0.25, 0.3) is 0 Å². The summed E-state index contributed by atoms with van der Waals surface area (Å²) in [5.41, 5.74) is -0.512. The lowest BCUT2D eigenvalue weighted by Crippen LogP contribution is -2.65. The predicted molar refractivity (Wildman–Crippen MR) is 68.9 cm³/mol. The van der Waals surface area contributed by atoms with Gasteiger partial charge in [0, 0.05) is 6.04 Å². The van der Waals surface area contributed by atoms with Gasteiger partial charge in [0.2, 0.25) is 0 Å². The van der Waals surface area contributed by atoms with Crippen molar-refractivity contribution >= 4 is 12.0 Å². The molecule has 0 spiro atoms. The number of hydrogen-bond acceptors (Lipinski definition) is 3. The second kappa shape index (κ2) is 5.36. The van der Waals surface area contributed by atoms with Gasteiger partial charge in [0.1, 0.15) is 12.2 Å². The molecule has 1 aliphatic carbocycles. The summed E-state index contributed by atoms with van der Waals surface area (Å²) in [5.74, 6) is -0.339. The van der Waals surface area contributed by atoms with Gasteiger partial charge in [-0.05, 0) is 25.7 Å². The van der Waals surface area contributed by atoms with E-state index in [0.717, 1.165) is 12.8 Å². The quantitative estimate of drug-likeness (QED) is 0.756. The van der Waals surface area contributed by atoms with Crippen LogP contribution < -0.4 is 5.32 Å². The molecule has 108 valence electrons. The highest BCUT2D eigenvalue weighted by Gasteiger charge is 2.45. The van der Waals surface area contributed by atoms with Gasteiger partial charge in [-0.2, -0.15) is 0 Å². The minimum atomic E-state index is -0.982. The standard InChI is InChI=1S/C13H22N2O4/c1-3-4-9-5-10(9)14-12(18)15-7-13(2,8-15)19-6-11(16)17/h9-10H,3-8H2,1-2H3,(H,14,18)(H,16,17). The molecular formula is C13H22N2O4. The van der Waals surface area contributed by atoms with Gasteiger partial charge >= 0.3 is 12.0 Å². The molecule has 0 bridgehead atoms. The Kier molecular flexibility index (Phi) is 3.99. The first-order valence-corrected chi connectivity index (χ1v) is 6.85. The Morgan fingerprint density at radius 1 is 1.47 bits per heavy atom. The van der Waals surface area contributed by atoms with Crippen molar-refractivity contribution in [3.05, 3.63) is 0 Å². The maximum absolute atomic E-state index is 11.9. The molecule has 1 aliphatic heterocycles. The molecule has 1 saturated heterocycles. The number of carbonyl (C=O) groups excluding carboxylic acids is 1. The molecular weight excluding hydrogens is 248 g/mol. The average molecular weight is 270 g/mol. The summed E-state index contributed by atoms with van der Waals surface area (Å²) in [6.07, 6.45) is 3.41. The summed E-state index contributed by atoms with van der Waals surface area (Å²) in [6, 6.07) is 0.277. The van der Waals surface area contributed by atoms with Crippen LogP contribution in [0.3, 0.4) is 0 Å². The fourth-order valence-corrected chi connectivity index (χ4v) is 2.60. The Morgan fingerprint density at radius 2 is 2.16 bits per heavy atom. The molecule has 2 rings (SSSR count). The smallest absolute Gasteiger partial charge is 0.329 e. The molecule has 1 heterocycles. The van der Waals surface area contributed by atoms with E-state index in [1.165, 1.54) is 6.42 Å². The molecule has 2 N–H and O–H groups in total. The zero-order valence-corrected chi connectivity index (χ0v) is 11.5. The Hall–Kier alpha value is -1.30. The third-order valence-corrected chi connectivity index (χ3v) is 3.77. The molecule has 19 heavy (non-hydrogen) atoms. The summed E-state index contributed by atoms with van der Waals surface area (Å²) < 4.78 is 5.27. The number of amides is 2. The number of likely N-dealkylation sites (tertiary alicyclic amines) is 1. The van der Waals surface area contributed by atoms with E-state index in [4.69, 9.17) is 9.84 Å². The van der Waals surface area contributed by atoms with Crippen LogP contribution in [-0.4, -0.2) is 53.3 Å². The maximum Gasteiger partial charge on any atom is 0.329 e. The van der Waals surface area contributed by atoms with Gasteiger partial charge in [0.15, 0.2) is 0 Å². The van der Waals surface area contributed by atoms with Crippen LogP contribution in [0, 0.1) is 5.92 Å². The van der Waals surface area contributed by atoms with E-state index < -0.39 is 11.6 Å². The van der Waals surface area contributed by atoms with Crippen LogP contribution in [0.4, 0.5) is 4.79 Å². The highest BCUT2D eigenvalue weighted by molar-refractivity contribution is 5.76. The molecule has 6 heteroatoms. The second-order valence-electron chi connectivity index (χ2n) is 5.83. The molecule has 0 aromatic heterocycles. The molecule has 0 aromatic rings. The third-order valence-electron chi connectivity index (χ3n) is 3.77. The van der Waals surface area contributed by atoms with Gasteiger partial charge in [-0.25, -0.2) is 9.59 Å². The number of aliphatic carboxylic acids is 1. The van der Waals surface area contributed by atoms with Gasteiger partial charge in [-0.3, -0.25) is 0 Å². The molecule has 2 atom stereocenters. The summed E-state index contributed by atoms with van der Waals surface area (Å²) in [5, 5.41) is 11.6. The van der Waals surface area contributed by atoms with E-state index >= 15 is 0 Å². The van der Waals surface area contributed by atoms with Crippen molar-refractivity contribution in [1.29, 1.82) is 0 Å². The Balaban J connectivity index is 1.66. The number of nitrogens with one attached hydrogen (secondary N) is 1. The second-order valence-corrected chi connectivity index (χ2v) is 5.83. The first-order valence-electron chi connectivity index (χ1n) is 6.85. The first-order chi connectivity index (χ1) is 8.93. The van der Waals surface area contributed by atoms with Crippen LogP contribution >= 0.6 is 0 Å². The average Bonchev–Trinajstić information content (AvgIpc) is 3.01. The van der Waals surface area contributed by atoms with E-state index in [-0.39, 0.29) is 12.6 Å². The molecule has 0 aromatic carbocycles.